The summed E-state index contributed by atoms with van der Waals surface area (Å²) in [6.45, 7) is 2.52. The van der Waals surface area contributed by atoms with Crippen LogP contribution in [-0.4, -0.2) is 37.3 Å². The lowest BCUT2D eigenvalue weighted by Crippen LogP contribution is -2.10. The Bertz CT molecular complexity index is 1210. The van der Waals surface area contributed by atoms with E-state index in [2.05, 4.69) is 4.98 Å². The fourth-order valence-corrected chi connectivity index (χ4v) is 4.01. The number of rotatable bonds is 10. The summed E-state index contributed by atoms with van der Waals surface area (Å²) in [5, 5.41) is 9.58. The Balaban J connectivity index is 1.71. The van der Waals surface area contributed by atoms with E-state index in [1.54, 1.807) is 36.4 Å². The number of pyridine rings is 1. The summed E-state index contributed by atoms with van der Waals surface area (Å²) in [6.07, 6.45) is 1.97. The van der Waals surface area contributed by atoms with E-state index in [1.807, 2.05) is 19.1 Å². The predicted octanol–water partition coefficient (Wildman–Crippen LogP) is 4.94. The molecule has 3 aromatic rings. The van der Waals surface area contributed by atoms with Crippen LogP contribution in [0.25, 0.3) is 11.1 Å². The highest BCUT2D eigenvalue weighted by molar-refractivity contribution is 7.90. The molecule has 0 aliphatic rings. The van der Waals surface area contributed by atoms with Crippen LogP contribution in [-0.2, 0) is 26.0 Å². The molecule has 1 atom stereocenters. The molecule has 1 heterocycles. The lowest BCUT2D eigenvalue weighted by atomic mass is 10.0. The predicted molar refractivity (Wildman–Crippen MR) is 125 cm³/mol. The highest BCUT2D eigenvalue weighted by Crippen LogP contribution is 2.30. The molecule has 0 spiro atoms. The molecule has 0 fully saturated rings. The van der Waals surface area contributed by atoms with Crippen molar-refractivity contribution in [2.75, 3.05) is 12.9 Å². The minimum atomic E-state index is -3.38. The van der Waals surface area contributed by atoms with Crippen molar-refractivity contribution in [3.8, 4) is 16.9 Å². The van der Waals surface area contributed by atoms with Crippen LogP contribution in [0, 0.1) is 0 Å². The molecular formula is C24H24ClNO6S. The van der Waals surface area contributed by atoms with Gasteiger partial charge in [0, 0.05) is 35.2 Å². The van der Waals surface area contributed by atoms with Crippen molar-refractivity contribution in [2.45, 2.75) is 31.1 Å². The van der Waals surface area contributed by atoms with E-state index in [0.29, 0.717) is 28.5 Å². The number of nitrogens with zero attached hydrogens (tertiary/aromatic N) is 1. The van der Waals surface area contributed by atoms with Crippen LogP contribution < -0.4 is 4.74 Å². The van der Waals surface area contributed by atoms with Crippen LogP contribution in [0.2, 0.25) is 5.02 Å². The number of carbonyl (C=O) groups is 1. The van der Waals surface area contributed by atoms with E-state index in [4.69, 9.17) is 26.2 Å². The van der Waals surface area contributed by atoms with E-state index in [0.717, 1.165) is 17.4 Å². The van der Waals surface area contributed by atoms with Crippen molar-refractivity contribution in [3.63, 3.8) is 0 Å². The lowest BCUT2D eigenvalue weighted by Gasteiger charge is -2.16. The molecule has 0 radical (unpaired) electrons. The van der Waals surface area contributed by atoms with Gasteiger partial charge in [-0.15, -0.1) is 0 Å². The molecule has 7 nitrogen and oxygen atoms in total. The number of sulfone groups is 1. The fraction of sp³-hybridized carbons (Fsp3) is 0.250. The SMILES string of the molecule is CCO[C@@H](CC(=O)O)c1ccc(OCc2ccc(Cl)c(-c3ccc(S(C)(=O)=O)nc3)c2)cc1. The highest BCUT2D eigenvalue weighted by Gasteiger charge is 2.16. The number of aromatic nitrogens is 1. The molecule has 0 saturated carbocycles. The molecule has 0 aliphatic heterocycles. The zero-order chi connectivity index (χ0) is 24.0. The quantitative estimate of drug-likeness (QED) is 0.430. The van der Waals surface area contributed by atoms with E-state index in [1.165, 1.54) is 12.3 Å². The standard InChI is InChI=1S/C24H24ClNO6S/c1-3-31-22(13-24(27)28)17-5-8-19(9-6-17)32-15-16-4-10-21(25)20(12-16)18-7-11-23(26-14-18)33(2,29)30/h4-12,14,22H,3,13,15H2,1-2H3,(H,27,28)/t22-/m0/s1. The summed E-state index contributed by atoms with van der Waals surface area (Å²) < 4.78 is 34.6. The monoisotopic (exact) mass is 489 g/mol. The van der Waals surface area contributed by atoms with Crippen LogP contribution in [0.5, 0.6) is 5.75 Å². The third kappa shape index (κ3) is 6.77. The van der Waals surface area contributed by atoms with Crippen molar-refractivity contribution in [3.05, 3.63) is 76.9 Å². The summed E-state index contributed by atoms with van der Waals surface area (Å²) in [5.74, 6) is -0.298. The van der Waals surface area contributed by atoms with Crippen LogP contribution in [0.1, 0.15) is 30.6 Å². The van der Waals surface area contributed by atoms with Crippen molar-refractivity contribution in [1.82, 2.24) is 4.98 Å². The van der Waals surface area contributed by atoms with Gasteiger partial charge in [-0.05, 0) is 54.4 Å². The molecule has 9 heteroatoms. The number of carboxylic acids is 1. The first kappa shape index (κ1) is 24.7. The lowest BCUT2D eigenvalue weighted by molar-refractivity contribution is -0.140. The summed E-state index contributed by atoms with van der Waals surface area (Å²) in [5.41, 5.74) is 3.04. The first-order valence-electron chi connectivity index (χ1n) is 10.2. The highest BCUT2D eigenvalue weighted by atomic mass is 35.5. The van der Waals surface area contributed by atoms with Crippen molar-refractivity contribution >= 4 is 27.4 Å². The third-order valence-corrected chi connectivity index (χ3v) is 6.17. The maximum absolute atomic E-state index is 11.6. The smallest absolute Gasteiger partial charge is 0.306 e. The van der Waals surface area contributed by atoms with Gasteiger partial charge in [0.15, 0.2) is 14.9 Å². The summed E-state index contributed by atoms with van der Waals surface area (Å²) in [7, 11) is -3.38. The fourth-order valence-electron chi connectivity index (χ4n) is 3.22. The van der Waals surface area contributed by atoms with E-state index >= 15 is 0 Å². The van der Waals surface area contributed by atoms with E-state index in [-0.39, 0.29) is 18.1 Å². The Morgan fingerprint density at radius 3 is 2.42 bits per heavy atom. The first-order valence-corrected chi connectivity index (χ1v) is 12.5. The number of carboxylic acid groups (broad SMARTS) is 1. The number of aliphatic carboxylic acids is 1. The van der Waals surface area contributed by atoms with Crippen molar-refractivity contribution < 1.29 is 27.8 Å². The van der Waals surface area contributed by atoms with E-state index in [9.17, 15) is 13.2 Å². The zero-order valence-electron chi connectivity index (χ0n) is 18.2. The van der Waals surface area contributed by atoms with Crippen LogP contribution in [0.3, 0.4) is 0 Å². The maximum Gasteiger partial charge on any atom is 0.306 e. The Kier molecular flexibility index (Phi) is 8.07. The molecule has 3 rings (SSSR count). The van der Waals surface area contributed by atoms with Gasteiger partial charge in [-0.2, -0.15) is 0 Å². The topological polar surface area (TPSA) is 103 Å². The average molecular weight is 490 g/mol. The molecule has 174 valence electrons. The number of benzene rings is 2. The third-order valence-electron chi connectivity index (χ3n) is 4.84. The van der Waals surface area contributed by atoms with Gasteiger partial charge < -0.3 is 14.6 Å². The summed E-state index contributed by atoms with van der Waals surface area (Å²) in [4.78, 5) is 15.1. The number of halogens is 1. The Labute approximate surface area is 197 Å². The van der Waals surface area contributed by atoms with Crippen LogP contribution in [0.4, 0.5) is 0 Å². The molecule has 2 aromatic carbocycles. The molecule has 0 aliphatic carbocycles. The number of hydrogen-bond acceptors (Lipinski definition) is 6. The molecular weight excluding hydrogens is 466 g/mol. The van der Waals surface area contributed by atoms with Crippen LogP contribution >= 0.6 is 11.6 Å². The van der Waals surface area contributed by atoms with Gasteiger partial charge in [0.25, 0.3) is 0 Å². The largest absolute Gasteiger partial charge is 0.489 e. The molecule has 1 aromatic heterocycles. The van der Waals surface area contributed by atoms with Gasteiger partial charge in [-0.1, -0.05) is 29.8 Å². The van der Waals surface area contributed by atoms with Crippen molar-refractivity contribution in [2.24, 2.45) is 0 Å². The molecule has 0 saturated heterocycles. The minimum Gasteiger partial charge on any atom is -0.489 e. The summed E-state index contributed by atoms with van der Waals surface area (Å²) in [6, 6.07) is 15.7. The maximum atomic E-state index is 11.6. The zero-order valence-corrected chi connectivity index (χ0v) is 19.8. The van der Waals surface area contributed by atoms with Gasteiger partial charge in [0.2, 0.25) is 0 Å². The Hall–Kier alpha value is -2.94. The number of ether oxygens (including phenoxy) is 2. The molecule has 1 N–H and O–H groups in total. The number of hydrogen-bond donors (Lipinski definition) is 1. The normalized spacial score (nSPS) is 12.3. The van der Waals surface area contributed by atoms with Gasteiger partial charge in [0.1, 0.15) is 12.4 Å². The van der Waals surface area contributed by atoms with Crippen molar-refractivity contribution in [1.29, 1.82) is 0 Å². The average Bonchev–Trinajstić information content (AvgIpc) is 2.78. The first-order chi connectivity index (χ1) is 15.7. The summed E-state index contributed by atoms with van der Waals surface area (Å²) >= 11 is 6.35. The van der Waals surface area contributed by atoms with E-state index < -0.39 is 21.9 Å². The Morgan fingerprint density at radius 2 is 1.85 bits per heavy atom. The molecule has 0 bridgehead atoms. The second kappa shape index (κ2) is 10.8. The van der Waals surface area contributed by atoms with Gasteiger partial charge in [0.05, 0.1) is 12.5 Å². The van der Waals surface area contributed by atoms with Crippen LogP contribution in [0.15, 0.2) is 65.8 Å². The molecule has 0 amide bonds. The second-order valence-electron chi connectivity index (χ2n) is 7.37. The van der Waals surface area contributed by atoms with Gasteiger partial charge in [-0.3, -0.25) is 4.79 Å². The molecule has 0 unspecified atom stereocenters. The Morgan fingerprint density at radius 1 is 1.12 bits per heavy atom. The van der Waals surface area contributed by atoms with Gasteiger partial charge >= 0.3 is 5.97 Å². The minimum absolute atomic E-state index is 0.000220. The van der Waals surface area contributed by atoms with Gasteiger partial charge in [-0.25, -0.2) is 13.4 Å². The second-order valence-corrected chi connectivity index (χ2v) is 9.74. The molecule has 33 heavy (non-hydrogen) atoms.